The molecule has 1 heteroatoms. The quantitative estimate of drug-likeness (QED) is 0.428. The Kier molecular flexibility index (Phi) is 8.69. The second-order valence-electron chi connectivity index (χ2n) is 9.83. The highest BCUT2D eigenvalue weighted by molar-refractivity contribution is 5.60. The molecule has 0 heterocycles. The smallest absolute Gasteiger partial charge is 0.125 e. The molecular formula is C28H44O. The lowest BCUT2D eigenvalue weighted by Gasteiger charge is -2.37. The van der Waals surface area contributed by atoms with E-state index in [4.69, 9.17) is 4.74 Å². The SMILES string of the molecule is CCCc1ccc(/C=C/C2CCC(C3CCC(CCC)CC3)CC2)c(C)c1OC. The van der Waals surface area contributed by atoms with Crippen molar-refractivity contribution in [2.75, 3.05) is 7.11 Å². The van der Waals surface area contributed by atoms with Gasteiger partial charge in [0.05, 0.1) is 7.11 Å². The summed E-state index contributed by atoms with van der Waals surface area (Å²) in [4.78, 5) is 0. The third kappa shape index (κ3) is 5.89. The van der Waals surface area contributed by atoms with E-state index in [1.165, 1.54) is 80.9 Å². The molecule has 0 bridgehead atoms. The summed E-state index contributed by atoms with van der Waals surface area (Å²) in [5.41, 5.74) is 3.98. The zero-order valence-corrected chi connectivity index (χ0v) is 19.5. The number of allylic oxidation sites excluding steroid dienone is 1. The van der Waals surface area contributed by atoms with E-state index in [1.807, 2.05) is 7.11 Å². The molecule has 1 aromatic carbocycles. The average molecular weight is 397 g/mol. The molecule has 0 spiro atoms. The van der Waals surface area contributed by atoms with E-state index in [1.54, 1.807) is 0 Å². The number of methoxy groups -OCH3 is 1. The summed E-state index contributed by atoms with van der Waals surface area (Å²) in [5.74, 6) is 4.95. The van der Waals surface area contributed by atoms with Gasteiger partial charge >= 0.3 is 0 Å². The fraction of sp³-hybridized carbons (Fsp3) is 0.714. The van der Waals surface area contributed by atoms with Crippen LogP contribution in [-0.2, 0) is 6.42 Å². The summed E-state index contributed by atoms with van der Waals surface area (Å²) >= 11 is 0. The van der Waals surface area contributed by atoms with Crippen LogP contribution in [0.1, 0.15) is 101 Å². The molecule has 1 nitrogen and oxygen atoms in total. The van der Waals surface area contributed by atoms with Gasteiger partial charge < -0.3 is 4.74 Å². The van der Waals surface area contributed by atoms with E-state index < -0.39 is 0 Å². The molecule has 0 amide bonds. The summed E-state index contributed by atoms with van der Waals surface area (Å²) < 4.78 is 5.73. The third-order valence-electron chi connectivity index (χ3n) is 7.87. The van der Waals surface area contributed by atoms with Crippen LogP contribution < -0.4 is 4.74 Å². The summed E-state index contributed by atoms with van der Waals surface area (Å²) in [6.07, 6.45) is 21.7. The first kappa shape index (κ1) is 22.4. The van der Waals surface area contributed by atoms with Crippen molar-refractivity contribution in [3.63, 3.8) is 0 Å². The maximum absolute atomic E-state index is 5.73. The zero-order chi connectivity index (χ0) is 20.6. The standard InChI is InChI=1S/C28H44O/c1-5-7-22-10-15-25(16-11-22)26-17-12-23(13-18-26)9-14-24-19-20-27(8-6-2)28(29-4)21(24)3/h9,14,19-20,22-23,25-26H,5-8,10-13,15-18H2,1-4H3/b14-9+. The highest BCUT2D eigenvalue weighted by Crippen LogP contribution is 2.42. The van der Waals surface area contributed by atoms with Gasteiger partial charge in [0.1, 0.15) is 5.75 Å². The van der Waals surface area contributed by atoms with Crippen LogP contribution in [0.15, 0.2) is 18.2 Å². The minimum absolute atomic E-state index is 0.767. The van der Waals surface area contributed by atoms with Crippen molar-refractivity contribution >= 4 is 6.08 Å². The van der Waals surface area contributed by atoms with E-state index >= 15 is 0 Å². The normalized spacial score (nSPS) is 28.0. The Labute approximate surface area is 180 Å². The number of aryl methyl sites for hydroxylation is 1. The van der Waals surface area contributed by atoms with Crippen molar-refractivity contribution in [3.8, 4) is 5.75 Å². The average Bonchev–Trinajstić information content (AvgIpc) is 2.75. The second-order valence-corrected chi connectivity index (χ2v) is 9.83. The Morgan fingerprint density at radius 2 is 1.55 bits per heavy atom. The molecule has 162 valence electrons. The lowest BCUT2D eigenvalue weighted by Crippen LogP contribution is -2.25. The van der Waals surface area contributed by atoms with Gasteiger partial charge in [-0.25, -0.2) is 0 Å². The number of rotatable bonds is 8. The van der Waals surface area contributed by atoms with Crippen molar-refractivity contribution in [1.82, 2.24) is 0 Å². The van der Waals surface area contributed by atoms with Crippen LogP contribution in [-0.4, -0.2) is 7.11 Å². The maximum atomic E-state index is 5.73. The van der Waals surface area contributed by atoms with Gasteiger partial charge in [0.2, 0.25) is 0 Å². The fourth-order valence-electron chi connectivity index (χ4n) is 6.10. The Morgan fingerprint density at radius 1 is 0.897 bits per heavy atom. The summed E-state index contributed by atoms with van der Waals surface area (Å²) in [6.45, 7) is 6.79. The number of hydrogen-bond acceptors (Lipinski definition) is 1. The van der Waals surface area contributed by atoms with Crippen LogP contribution in [0.2, 0.25) is 0 Å². The molecule has 2 saturated carbocycles. The van der Waals surface area contributed by atoms with Crippen LogP contribution in [0.4, 0.5) is 0 Å². The first-order valence-corrected chi connectivity index (χ1v) is 12.5. The van der Waals surface area contributed by atoms with Gasteiger partial charge in [-0.05, 0) is 92.2 Å². The molecule has 0 N–H and O–H groups in total. The van der Waals surface area contributed by atoms with Crippen LogP contribution in [0.5, 0.6) is 5.75 Å². The zero-order valence-electron chi connectivity index (χ0n) is 19.5. The lowest BCUT2D eigenvalue weighted by atomic mass is 9.68. The van der Waals surface area contributed by atoms with Gasteiger partial charge in [0.15, 0.2) is 0 Å². The first-order chi connectivity index (χ1) is 14.2. The first-order valence-electron chi connectivity index (χ1n) is 12.5. The molecule has 29 heavy (non-hydrogen) atoms. The molecule has 0 radical (unpaired) electrons. The maximum Gasteiger partial charge on any atom is 0.125 e. The van der Waals surface area contributed by atoms with Crippen LogP contribution in [0, 0.1) is 30.6 Å². The molecule has 3 rings (SSSR count). The van der Waals surface area contributed by atoms with Crippen LogP contribution in [0.25, 0.3) is 6.08 Å². The monoisotopic (exact) mass is 396 g/mol. The number of ether oxygens (including phenoxy) is 1. The van der Waals surface area contributed by atoms with Crippen LogP contribution >= 0.6 is 0 Å². The topological polar surface area (TPSA) is 9.23 Å². The van der Waals surface area contributed by atoms with Gasteiger partial charge in [-0.15, -0.1) is 0 Å². The van der Waals surface area contributed by atoms with E-state index in [0.29, 0.717) is 0 Å². The van der Waals surface area contributed by atoms with Crippen molar-refractivity contribution in [2.24, 2.45) is 23.7 Å². The van der Waals surface area contributed by atoms with E-state index in [0.717, 1.165) is 42.3 Å². The van der Waals surface area contributed by atoms with Crippen molar-refractivity contribution in [2.45, 2.75) is 97.8 Å². The van der Waals surface area contributed by atoms with E-state index in [9.17, 15) is 0 Å². The summed E-state index contributed by atoms with van der Waals surface area (Å²) in [7, 11) is 1.81. The van der Waals surface area contributed by atoms with Crippen molar-refractivity contribution < 1.29 is 4.74 Å². The molecular weight excluding hydrogens is 352 g/mol. The summed E-state index contributed by atoms with van der Waals surface area (Å²) in [5, 5.41) is 0. The van der Waals surface area contributed by atoms with E-state index in [2.05, 4.69) is 45.1 Å². The van der Waals surface area contributed by atoms with Gasteiger partial charge in [0, 0.05) is 0 Å². The molecule has 2 aliphatic carbocycles. The van der Waals surface area contributed by atoms with Crippen LogP contribution in [0.3, 0.4) is 0 Å². The van der Waals surface area contributed by atoms with Crippen molar-refractivity contribution in [1.29, 1.82) is 0 Å². The molecule has 0 aliphatic heterocycles. The van der Waals surface area contributed by atoms with Gasteiger partial charge in [-0.1, -0.05) is 70.2 Å². The summed E-state index contributed by atoms with van der Waals surface area (Å²) in [6, 6.07) is 4.56. The molecule has 0 saturated heterocycles. The highest BCUT2D eigenvalue weighted by atomic mass is 16.5. The van der Waals surface area contributed by atoms with Gasteiger partial charge in [-0.3, -0.25) is 0 Å². The Balaban J connectivity index is 1.51. The minimum Gasteiger partial charge on any atom is -0.496 e. The van der Waals surface area contributed by atoms with Gasteiger partial charge in [0.25, 0.3) is 0 Å². The number of benzene rings is 1. The molecule has 0 aromatic heterocycles. The molecule has 1 aromatic rings. The Morgan fingerprint density at radius 3 is 2.14 bits per heavy atom. The number of hydrogen-bond donors (Lipinski definition) is 0. The molecule has 2 aliphatic rings. The minimum atomic E-state index is 0.767. The molecule has 2 fully saturated rings. The predicted octanol–water partition coefficient (Wildman–Crippen LogP) is 8.38. The largest absolute Gasteiger partial charge is 0.496 e. The fourth-order valence-corrected chi connectivity index (χ4v) is 6.10. The molecule has 0 unspecified atom stereocenters. The highest BCUT2D eigenvalue weighted by Gasteiger charge is 2.30. The van der Waals surface area contributed by atoms with E-state index in [-0.39, 0.29) is 0 Å². The third-order valence-corrected chi connectivity index (χ3v) is 7.87. The second kappa shape index (κ2) is 11.2. The predicted molar refractivity (Wildman–Crippen MR) is 127 cm³/mol. The van der Waals surface area contributed by atoms with Gasteiger partial charge in [-0.2, -0.15) is 0 Å². The lowest BCUT2D eigenvalue weighted by molar-refractivity contribution is 0.152. The molecule has 0 atom stereocenters. The Hall–Kier alpha value is -1.24. The Bertz CT molecular complexity index is 643. The van der Waals surface area contributed by atoms with Crippen molar-refractivity contribution in [3.05, 3.63) is 34.9 Å².